The van der Waals surface area contributed by atoms with Gasteiger partial charge in [-0.15, -0.1) is 0 Å². The molecule has 0 aliphatic carbocycles. The lowest BCUT2D eigenvalue weighted by atomic mass is 9.99. The van der Waals surface area contributed by atoms with Crippen molar-refractivity contribution in [1.29, 1.82) is 0 Å². The van der Waals surface area contributed by atoms with Gasteiger partial charge in [-0.05, 0) is 30.5 Å². The number of aliphatic hydroxyl groups excluding tert-OH is 1. The number of aromatic nitrogens is 1. The Labute approximate surface area is 161 Å². The number of benzene rings is 1. The molecule has 3 rings (SSSR count). The van der Waals surface area contributed by atoms with Crippen molar-refractivity contribution < 1.29 is 24.2 Å². The summed E-state index contributed by atoms with van der Waals surface area (Å²) in [5, 5.41) is 21.3. The highest BCUT2D eigenvalue weighted by atomic mass is 35.5. The monoisotopic (exact) mass is 395 g/mol. The van der Waals surface area contributed by atoms with Crippen molar-refractivity contribution in [3.05, 3.63) is 46.1 Å². The Kier molecular flexibility index (Phi) is 6.20. The summed E-state index contributed by atoms with van der Waals surface area (Å²) < 4.78 is 11.1. The van der Waals surface area contributed by atoms with Crippen LogP contribution >= 0.6 is 11.6 Å². The van der Waals surface area contributed by atoms with Crippen LogP contribution < -0.4 is 10.1 Å². The molecule has 0 saturated heterocycles. The second kappa shape index (κ2) is 8.60. The highest BCUT2D eigenvalue weighted by Gasteiger charge is 2.22. The van der Waals surface area contributed by atoms with Gasteiger partial charge in [0.25, 0.3) is 0 Å². The number of carbonyl (C=O) groups is 1. The lowest BCUT2D eigenvalue weighted by Gasteiger charge is -2.31. The smallest absolute Gasteiger partial charge is 0.404 e. The minimum atomic E-state index is -1.14. The predicted octanol–water partition coefficient (Wildman–Crippen LogP) is 2.20. The minimum absolute atomic E-state index is 0.00722. The van der Waals surface area contributed by atoms with Crippen molar-refractivity contribution in [2.24, 2.45) is 0 Å². The van der Waals surface area contributed by atoms with E-state index in [1.54, 1.807) is 0 Å². The second-order valence-electron chi connectivity index (χ2n) is 6.49. The van der Waals surface area contributed by atoms with Gasteiger partial charge in [-0.25, -0.2) is 9.78 Å². The summed E-state index contributed by atoms with van der Waals surface area (Å²) in [6.07, 6.45) is 0.215. The van der Waals surface area contributed by atoms with Crippen molar-refractivity contribution in [2.75, 3.05) is 19.6 Å². The molecule has 9 heteroatoms. The molecule has 2 aromatic rings. The number of oxazole rings is 1. The molecule has 0 unspecified atom stereocenters. The molecular formula is C18H22ClN3O5. The molecular weight excluding hydrogens is 374 g/mol. The topological polar surface area (TPSA) is 108 Å². The van der Waals surface area contributed by atoms with Crippen LogP contribution in [0.15, 0.2) is 22.9 Å². The van der Waals surface area contributed by atoms with Crippen LogP contribution in [0.1, 0.15) is 22.6 Å². The van der Waals surface area contributed by atoms with Gasteiger partial charge >= 0.3 is 6.09 Å². The summed E-state index contributed by atoms with van der Waals surface area (Å²) >= 11 is 6.53. The lowest BCUT2D eigenvalue weighted by molar-refractivity contribution is 0.102. The average Bonchev–Trinajstić information content (AvgIpc) is 3.04. The van der Waals surface area contributed by atoms with Crippen LogP contribution in [0, 0.1) is 6.92 Å². The first-order valence-electron chi connectivity index (χ1n) is 8.63. The van der Waals surface area contributed by atoms with E-state index in [-0.39, 0.29) is 13.2 Å². The van der Waals surface area contributed by atoms with E-state index in [1.807, 2.05) is 19.1 Å². The summed E-state index contributed by atoms with van der Waals surface area (Å²) in [5.74, 6) is 1.27. The quantitative estimate of drug-likeness (QED) is 0.659. The lowest BCUT2D eigenvalue weighted by Crippen LogP contribution is -2.41. The molecule has 146 valence electrons. The van der Waals surface area contributed by atoms with Crippen LogP contribution in [0.2, 0.25) is 5.02 Å². The number of carboxylic acid groups (broad SMARTS) is 1. The van der Waals surface area contributed by atoms with Crippen molar-refractivity contribution >= 4 is 17.7 Å². The van der Waals surface area contributed by atoms with Crippen molar-refractivity contribution in [3.63, 3.8) is 0 Å². The zero-order valence-corrected chi connectivity index (χ0v) is 15.7. The van der Waals surface area contributed by atoms with Crippen LogP contribution in [0.25, 0.3) is 0 Å². The van der Waals surface area contributed by atoms with E-state index in [0.29, 0.717) is 29.6 Å². The van der Waals surface area contributed by atoms with E-state index in [0.717, 1.165) is 29.8 Å². The first-order chi connectivity index (χ1) is 12.9. The van der Waals surface area contributed by atoms with Crippen LogP contribution in [0.3, 0.4) is 0 Å². The average molecular weight is 396 g/mol. The molecule has 3 N–H and O–H groups in total. The zero-order valence-electron chi connectivity index (χ0n) is 14.9. The van der Waals surface area contributed by atoms with E-state index >= 15 is 0 Å². The third-order valence-corrected chi connectivity index (χ3v) is 4.95. The third kappa shape index (κ3) is 4.91. The Balaban J connectivity index is 1.60. The molecule has 0 fully saturated rings. The van der Waals surface area contributed by atoms with Crippen LogP contribution in [-0.2, 0) is 19.6 Å². The van der Waals surface area contributed by atoms with E-state index in [9.17, 15) is 9.90 Å². The molecule has 1 amide bonds. The van der Waals surface area contributed by atoms with Gasteiger partial charge in [0, 0.05) is 26.2 Å². The molecule has 0 bridgehead atoms. The Bertz CT molecular complexity index is 810. The van der Waals surface area contributed by atoms with Gasteiger partial charge in [-0.3, -0.25) is 4.90 Å². The highest BCUT2D eigenvalue weighted by molar-refractivity contribution is 6.33. The number of nitrogens with one attached hydrogen (secondary N) is 1. The van der Waals surface area contributed by atoms with Crippen molar-refractivity contribution in [2.45, 2.75) is 32.6 Å². The van der Waals surface area contributed by atoms with Crippen molar-refractivity contribution in [3.8, 4) is 5.75 Å². The van der Waals surface area contributed by atoms with Crippen molar-refractivity contribution in [1.82, 2.24) is 15.2 Å². The van der Waals surface area contributed by atoms with Crippen LogP contribution in [0.4, 0.5) is 4.79 Å². The fourth-order valence-electron chi connectivity index (χ4n) is 3.09. The predicted molar refractivity (Wildman–Crippen MR) is 98.0 cm³/mol. The molecule has 0 radical (unpaired) electrons. The molecule has 1 aromatic carbocycles. The molecule has 1 aromatic heterocycles. The second-order valence-corrected chi connectivity index (χ2v) is 6.87. The summed E-state index contributed by atoms with van der Waals surface area (Å²) in [4.78, 5) is 16.6. The summed E-state index contributed by atoms with van der Waals surface area (Å²) in [6.45, 7) is 3.88. The van der Waals surface area contributed by atoms with Gasteiger partial charge in [-0.2, -0.15) is 0 Å². The number of aryl methyl sites for hydroxylation is 1. The zero-order chi connectivity index (χ0) is 19.4. The van der Waals surface area contributed by atoms with E-state index < -0.39 is 12.2 Å². The number of hydrogen-bond acceptors (Lipinski definition) is 6. The number of nitrogens with zero attached hydrogens (tertiary/aromatic N) is 2. The van der Waals surface area contributed by atoms with Gasteiger partial charge < -0.3 is 24.7 Å². The van der Waals surface area contributed by atoms with Crippen LogP contribution in [-0.4, -0.2) is 51.9 Å². The normalized spacial score (nSPS) is 15.2. The van der Waals surface area contributed by atoms with Gasteiger partial charge in [0.1, 0.15) is 12.4 Å². The standard InChI is InChI=1S/C18H22ClN3O5/c1-11-16(27-10-21-11)9-26-15-3-2-12-7-22(5-4-14(12)17(15)19)8-13(23)6-20-18(24)25/h2-3,10,13,20,23H,4-9H2,1H3,(H,24,25)/t13-/m0/s1. The Hall–Kier alpha value is -2.29. The number of halogens is 1. The number of fused-ring (bicyclic) bond motifs is 1. The van der Waals surface area contributed by atoms with E-state index in [2.05, 4.69) is 15.2 Å². The molecule has 2 heterocycles. The number of hydrogen-bond donors (Lipinski definition) is 3. The Morgan fingerprint density at radius 1 is 1.52 bits per heavy atom. The van der Waals surface area contributed by atoms with Gasteiger partial charge in [0.15, 0.2) is 12.2 Å². The number of ether oxygens (including phenoxy) is 1. The molecule has 0 spiro atoms. The van der Waals surface area contributed by atoms with Gasteiger partial charge in [0.2, 0.25) is 0 Å². The van der Waals surface area contributed by atoms with Gasteiger partial charge in [-0.1, -0.05) is 17.7 Å². The largest absolute Gasteiger partial charge is 0.484 e. The Morgan fingerprint density at radius 2 is 2.33 bits per heavy atom. The molecule has 0 saturated carbocycles. The maximum atomic E-state index is 10.5. The summed E-state index contributed by atoms with van der Waals surface area (Å²) in [5.41, 5.74) is 2.90. The summed E-state index contributed by atoms with van der Waals surface area (Å²) in [7, 11) is 0. The molecule has 1 aliphatic rings. The number of rotatable bonds is 7. The first kappa shape index (κ1) is 19.5. The minimum Gasteiger partial charge on any atom is -0.484 e. The highest BCUT2D eigenvalue weighted by Crippen LogP contribution is 2.34. The Morgan fingerprint density at radius 3 is 3.04 bits per heavy atom. The number of β-amino-alcohol motifs (C(OH)–C–C–N with tert-alkyl or cyclic N) is 1. The maximum Gasteiger partial charge on any atom is 0.404 e. The number of amides is 1. The maximum absolute atomic E-state index is 10.5. The van der Waals surface area contributed by atoms with Gasteiger partial charge in [0.05, 0.1) is 16.8 Å². The van der Waals surface area contributed by atoms with E-state index in [1.165, 1.54) is 6.39 Å². The fourth-order valence-corrected chi connectivity index (χ4v) is 3.42. The summed E-state index contributed by atoms with van der Waals surface area (Å²) in [6, 6.07) is 3.80. The third-order valence-electron chi connectivity index (χ3n) is 4.54. The molecule has 8 nitrogen and oxygen atoms in total. The molecule has 1 aliphatic heterocycles. The van der Waals surface area contributed by atoms with E-state index in [4.69, 9.17) is 25.9 Å². The fraction of sp³-hybridized carbons (Fsp3) is 0.444. The SMILES string of the molecule is Cc1ncoc1COc1ccc2c(c1Cl)CCN(C[C@@H](O)CNC(=O)O)C2. The number of aliphatic hydroxyl groups is 1. The van der Waals surface area contributed by atoms with Crippen LogP contribution in [0.5, 0.6) is 5.75 Å². The molecule has 1 atom stereocenters. The first-order valence-corrected chi connectivity index (χ1v) is 9.01. The molecule has 27 heavy (non-hydrogen) atoms.